The summed E-state index contributed by atoms with van der Waals surface area (Å²) in [5.74, 6) is -1.03. The second kappa shape index (κ2) is 7.78. The van der Waals surface area contributed by atoms with E-state index >= 15 is 0 Å². The van der Waals surface area contributed by atoms with Crippen molar-refractivity contribution in [2.24, 2.45) is 0 Å². The van der Waals surface area contributed by atoms with Crippen molar-refractivity contribution >= 4 is 15.9 Å². The smallest absolute Gasteiger partial charge is 0.254 e. The lowest BCUT2D eigenvalue weighted by Crippen LogP contribution is -2.46. The maximum absolute atomic E-state index is 13.7. The van der Waals surface area contributed by atoms with E-state index in [1.807, 2.05) is 19.1 Å². The van der Waals surface area contributed by atoms with Crippen molar-refractivity contribution in [3.05, 3.63) is 65.0 Å². The molecule has 0 saturated carbocycles. The minimum Gasteiger partial charge on any atom is -0.349 e. The quantitative estimate of drug-likeness (QED) is 0.873. The summed E-state index contributed by atoms with van der Waals surface area (Å²) >= 11 is 0. The molecule has 1 aliphatic rings. The molecular weight excluding hydrogens is 367 g/mol. The van der Waals surface area contributed by atoms with Gasteiger partial charge in [0.05, 0.1) is 10.5 Å². The van der Waals surface area contributed by atoms with E-state index in [9.17, 15) is 17.6 Å². The van der Waals surface area contributed by atoms with Gasteiger partial charge in [-0.05, 0) is 56.0 Å². The summed E-state index contributed by atoms with van der Waals surface area (Å²) in [6, 6.07) is 11.0. The molecule has 1 N–H and O–H groups in total. The highest BCUT2D eigenvalue weighted by Crippen LogP contribution is 2.24. The molecule has 5 nitrogen and oxygen atoms in total. The molecule has 0 aliphatic carbocycles. The standard InChI is InChI=1S/C20H23FN2O3S/c1-14-7-8-15(2)19(13-14)27(25,26)23-11-9-16(10-12-23)22-20(24)17-5-3-4-6-18(17)21/h3-8,13,16H,9-12H2,1-2H3,(H,22,24). The van der Waals surface area contributed by atoms with E-state index in [4.69, 9.17) is 0 Å². The average molecular weight is 390 g/mol. The molecular formula is C20H23FN2O3S. The van der Waals surface area contributed by atoms with Gasteiger partial charge in [-0.3, -0.25) is 4.79 Å². The zero-order valence-electron chi connectivity index (χ0n) is 15.4. The van der Waals surface area contributed by atoms with Crippen LogP contribution in [0, 0.1) is 19.7 Å². The van der Waals surface area contributed by atoms with Crippen LogP contribution in [-0.4, -0.2) is 37.8 Å². The maximum atomic E-state index is 13.7. The van der Waals surface area contributed by atoms with Crippen molar-refractivity contribution in [1.82, 2.24) is 9.62 Å². The number of nitrogens with zero attached hydrogens (tertiary/aromatic N) is 1. The minimum absolute atomic E-state index is 0.00272. The number of aryl methyl sites for hydroxylation is 2. The van der Waals surface area contributed by atoms with Gasteiger partial charge in [-0.2, -0.15) is 4.31 Å². The predicted octanol–water partition coefficient (Wildman–Crippen LogP) is 3.03. The van der Waals surface area contributed by atoms with Crippen molar-refractivity contribution in [1.29, 1.82) is 0 Å². The molecule has 2 aromatic carbocycles. The summed E-state index contributed by atoms with van der Waals surface area (Å²) in [7, 11) is -3.57. The summed E-state index contributed by atoms with van der Waals surface area (Å²) in [6.07, 6.45) is 0.981. The minimum atomic E-state index is -3.57. The Morgan fingerprint density at radius 3 is 2.44 bits per heavy atom. The third-order valence-electron chi connectivity index (χ3n) is 4.87. The molecule has 0 bridgehead atoms. The lowest BCUT2D eigenvalue weighted by atomic mass is 10.1. The summed E-state index contributed by atoms with van der Waals surface area (Å²) < 4.78 is 41.1. The highest BCUT2D eigenvalue weighted by atomic mass is 32.2. The van der Waals surface area contributed by atoms with E-state index < -0.39 is 21.7 Å². The van der Waals surface area contributed by atoms with E-state index in [1.165, 1.54) is 22.5 Å². The van der Waals surface area contributed by atoms with Crippen molar-refractivity contribution in [3.8, 4) is 0 Å². The molecule has 1 aliphatic heterocycles. The van der Waals surface area contributed by atoms with Gasteiger partial charge in [0, 0.05) is 19.1 Å². The highest BCUT2D eigenvalue weighted by molar-refractivity contribution is 7.89. The number of carbonyl (C=O) groups is 1. The Morgan fingerprint density at radius 1 is 1.11 bits per heavy atom. The monoisotopic (exact) mass is 390 g/mol. The molecule has 0 atom stereocenters. The number of carbonyl (C=O) groups excluding carboxylic acids is 1. The fraction of sp³-hybridized carbons (Fsp3) is 0.350. The van der Waals surface area contributed by atoms with E-state index in [2.05, 4.69) is 5.32 Å². The van der Waals surface area contributed by atoms with Crippen LogP contribution in [-0.2, 0) is 10.0 Å². The van der Waals surface area contributed by atoms with Gasteiger partial charge in [-0.1, -0.05) is 24.3 Å². The SMILES string of the molecule is Cc1ccc(C)c(S(=O)(=O)N2CCC(NC(=O)c3ccccc3F)CC2)c1. The molecule has 0 unspecified atom stereocenters. The first-order valence-electron chi connectivity index (χ1n) is 8.92. The lowest BCUT2D eigenvalue weighted by Gasteiger charge is -2.32. The first-order chi connectivity index (χ1) is 12.8. The first-order valence-corrected chi connectivity index (χ1v) is 10.4. The van der Waals surface area contributed by atoms with Crippen LogP contribution in [0.5, 0.6) is 0 Å². The fourth-order valence-corrected chi connectivity index (χ4v) is 5.05. The van der Waals surface area contributed by atoms with Gasteiger partial charge in [-0.15, -0.1) is 0 Å². The molecule has 0 radical (unpaired) electrons. The lowest BCUT2D eigenvalue weighted by molar-refractivity contribution is 0.0919. The van der Waals surface area contributed by atoms with Crippen molar-refractivity contribution in [3.63, 3.8) is 0 Å². The molecule has 2 aromatic rings. The average Bonchev–Trinajstić information content (AvgIpc) is 2.64. The Balaban J connectivity index is 1.66. The number of halogens is 1. The van der Waals surface area contributed by atoms with Gasteiger partial charge in [0.15, 0.2) is 0 Å². The van der Waals surface area contributed by atoms with Gasteiger partial charge < -0.3 is 5.32 Å². The Kier molecular flexibility index (Phi) is 5.62. The number of amides is 1. The van der Waals surface area contributed by atoms with E-state index in [0.717, 1.165) is 11.1 Å². The Labute approximate surface area is 159 Å². The molecule has 1 fully saturated rings. The number of hydrogen-bond acceptors (Lipinski definition) is 3. The van der Waals surface area contributed by atoms with Gasteiger partial charge in [0.25, 0.3) is 5.91 Å². The van der Waals surface area contributed by atoms with Crippen LogP contribution in [0.2, 0.25) is 0 Å². The predicted molar refractivity (Wildman–Crippen MR) is 102 cm³/mol. The molecule has 7 heteroatoms. The second-order valence-electron chi connectivity index (χ2n) is 6.90. The van der Waals surface area contributed by atoms with Gasteiger partial charge in [0.2, 0.25) is 10.0 Å². The molecule has 1 saturated heterocycles. The Hall–Kier alpha value is -2.25. The summed E-state index contributed by atoms with van der Waals surface area (Å²) in [6.45, 7) is 4.28. The number of nitrogens with one attached hydrogen (secondary N) is 1. The van der Waals surface area contributed by atoms with Gasteiger partial charge in [0.1, 0.15) is 5.82 Å². The molecule has 27 heavy (non-hydrogen) atoms. The zero-order chi connectivity index (χ0) is 19.6. The van der Waals surface area contributed by atoms with Crippen molar-refractivity contribution < 1.29 is 17.6 Å². The zero-order valence-corrected chi connectivity index (χ0v) is 16.2. The van der Waals surface area contributed by atoms with Crippen LogP contribution < -0.4 is 5.32 Å². The van der Waals surface area contributed by atoms with E-state index in [1.54, 1.807) is 19.1 Å². The first kappa shape index (κ1) is 19.5. The summed E-state index contributed by atoms with van der Waals surface area (Å²) in [5, 5.41) is 2.81. The number of hydrogen-bond donors (Lipinski definition) is 1. The molecule has 0 aromatic heterocycles. The maximum Gasteiger partial charge on any atom is 0.254 e. The van der Waals surface area contributed by atoms with Crippen molar-refractivity contribution in [2.75, 3.05) is 13.1 Å². The molecule has 0 spiro atoms. The molecule has 1 heterocycles. The van der Waals surface area contributed by atoms with Crippen LogP contribution >= 0.6 is 0 Å². The van der Waals surface area contributed by atoms with Crippen LogP contribution in [0.4, 0.5) is 4.39 Å². The topological polar surface area (TPSA) is 66.5 Å². The third kappa shape index (κ3) is 4.20. The third-order valence-corrected chi connectivity index (χ3v) is 6.91. The Bertz CT molecular complexity index is 951. The van der Waals surface area contributed by atoms with Crippen LogP contribution in [0.25, 0.3) is 0 Å². The summed E-state index contributed by atoms with van der Waals surface area (Å²) in [4.78, 5) is 12.6. The Morgan fingerprint density at radius 2 is 1.78 bits per heavy atom. The number of sulfonamides is 1. The van der Waals surface area contributed by atoms with Gasteiger partial charge in [-0.25, -0.2) is 12.8 Å². The molecule has 3 rings (SSSR count). The number of benzene rings is 2. The van der Waals surface area contributed by atoms with Crippen molar-refractivity contribution in [2.45, 2.75) is 37.6 Å². The second-order valence-corrected chi connectivity index (χ2v) is 8.81. The fourth-order valence-electron chi connectivity index (χ4n) is 3.27. The van der Waals surface area contributed by atoms with E-state index in [-0.39, 0.29) is 11.6 Å². The van der Waals surface area contributed by atoms with E-state index in [0.29, 0.717) is 30.8 Å². The largest absolute Gasteiger partial charge is 0.349 e. The van der Waals surface area contributed by atoms with Gasteiger partial charge >= 0.3 is 0 Å². The molecule has 144 valence electrons. The number of rotatable bonds is 4. The number of piperidine rings is 1. The normalized spacial score (nSPS) is 16.3. The van der Waals surface area contributed by atoms with Crippen LogP contribution in [0.1, 0.15) is 34.3 Å². The van der Waals surface area contributed by atoms with Crippen LogP contribution in [0.15, 0.2) is 47.4 Å². The van der Waals surface area contributed by atoms with Crippen LogP contribution in [0.3, 0.4) is 0 Å². The summed E-state index contributed by atoms with van der Waals surface area (Å²) in [5.41, 5.74) is 1.62. The molecule has 1 amide bonds. The highest BCUT2D eigenvalue weighted by Gasteiger charge is 2.31.